The maximum atomic E-state index is 12.2. The first-order valence-electron chi connectivity index (χ1n) is 5.11. The Morgan fingerprint density at radius 1 is 1.56 bits per heavy atom. The summed E-state index contributed by atoms with van der Waals surface area (Å²) in [5, 5.41) is 3.84. The van der Waals surface area contributed by atoms with E-state index >= 15 is 0 Å². The van der Waals surface area contributed by atoms with Crippen molar-refractivity contribution in [2.45, 2.75) is 31.7 Å². The minimum absolute atomic E-state index is 0.0431. The van der Waals surface area contributed by atoms with Gasteiger partial charge < -0.3 is 5.73 Å². The van der Waals surface area contributed by atoms with E-state index in [2.05, 4.69) is 5.10 Å². The van der Waals surface area contributed by atoms with Gasteiger partial charge in [-0.15, -0.1) is 0 Å². The number of anilines is 1. The predicted molar refractivity (Wildman–Crippen MR) is 62.3 cm³/mol. The first-order chi connectivity index (χ1) is 7.30. The van der Waals surface area contributed by atoms with Crippen molar-refractivity contribution in [3.63, 3.8) is 0 Å². The molecule has 0 unspecified atom stereocenters. The number of rotatable bonds is 4. The van der Waals surface area contributed by atoms with Gasteiger partial charge in [-0.1, -0.05) is 6.92 Å². The van der Waals surface area contributed by atoms with E-state index in [-0.39, 0.29) is 16.8 Å². The first kappa shape index (κ1) is 13.0. The number of hydrogen-bond donors (Lipinski definition) is 1. The minimum atomic E-state index is -3.54. The van der Waals surface area contributed by atoms with E-state index in [1.165, 1.54) is 15.2 Å². The number of hydrogen-bond acceptors (Lipinski definition) is 4. The van der Waals surface area contributed by atoms with Crippen LogP contribution in [0.15, 0.2) is 11.1 Å². The monoisotopic (exact) mass is 246 g/mol. The van der Waals surface area contributed by atoms with E-state index in [1.54, 1.807) is 14.0 Å². The van der Waals surface area contributed by atoms with Crippen LogP contribution >= 0.6 is 0 Å². The van der Waals surface area contributed by atoms with E-state index in [9.17, 15) is 8.42 Å². The smallest absolute Gasteiger partial charge is 0.248 e. The highest BCUT2D eigenvalue weighted by atomic mass is 32.2. The molecular weight excluding hydrogens is 228 g/mol. The summed E-state index contributed by atoms with van der Waals surface area (Å²) in [6.07, 6.45) is 1.43. The lowest BCUT2D eigenvalue weighted by Gasteiger charge is -2.23. The molecule has 0 atom stereocenters. The summed E-state index contributed by atoms with van der Waals surface area (Å²) < 4.78 is 27.3. The molecule has 0 bridgehead atoms. The van der Waals surface area contributed by atoms with Crippen molar-refractivity contribution in [2.24, 2.45) is 7.05 Å². The van der Waals surface area contributed by atoms with Gasteiger partial charge in [0.25, 0.3) is 0 Å². The molecule has 0 spiro atoms. The average molecular weight is 246 g/mol. The summed E-state index contributed by atoms with van der Waals surface area (Å²) in [7, 11) is -1.90. The molecule has 0 aliphatic heterocycles. The third-order valence-corrected chi connectivity index (χ3v) is 4.46. The number of aryl methyl sites for hydroxylation is 1. The van der Waals surface area contributed by atoms with E-state index in [0.29, 0.717) is 6.54 Å². The van der Waals surface area contributed by atoms with Crippen LogP contribution in [0, 0.1) is 0 Å². The first-order valence-corrected chi connectivity index (χ1v) is 6.55. The van der Waals surface area contributed by atoms with Gasteiger partial charge in [0.1, 0.15) is 4.90 Å². The number of nitrogens with zero attached hydrogens (tertiary/aromatic N) is 3. The Morgan fingerprint density at radius 2 is 2.12 bits per heavy atom. The van der Waals surface area contributed by atoms with Crippen molar-refractivity contribution >= 4 is 15.8 Å². The highest BCUT2D eigenvalue weighted by molar-refractivity contribution is 7.89. The SMILES string of the molecule is CCN(C(C)C)S(=O)(=O)c1cn(C)nc1N. The molecule has 0 fully saturated rings. The summed E-state index contributed by atoms with van der Waals surface area (Å²) >= 11 is 0. The number of nitrogen functional groups attached to an aromatic ring is 1. The zero-order valence-corrected chi connectivity index (χ0v) is 10.8. The molecule has 1 aromatic heterocycles. The molecule has 6 nitrogen and oxygen atoms in total. The molecule has 2 N–H and O–H groups in total. The fourth-order valence-electron chi connectivity index (χ4n) is 1.62. The second kappa shape index (κ2) is 4.42. The predicted octanol–water partition coefficient (Wildman–Crippen LogP) is 0.421. The summed E-state index contributed by atoms with van der Waals surface area (Å²) in [6, 6.07) is -0.102. The van der Waals surface area contributed by atoms with E-state index < -0.39 is 10.0 Å². The lowest BCUT2D eigenvalue weighted by molar-refractivity contribution is 0.369. The van der Waals surface area contributed by atoms with Gasteiger partial charge in [0, 0.05) is 25.8 Å². The standard InChI is InChI=1S/C9H18N4O2S/c1-5-13(7(2)3)16(14,15)8-6-12(4)11-9(8)10/h6-7H,5H2,1-4H3,(H2,10,11). The second-order valence-corrected chi connectivity index (χ2v) is 5.71. The Labute approximate surface area is 96.1 Å². The van der Waals surface area contributed by atoms with Crippen LogP contribution in [-0.4, -0.2) is 35.1 Å². The van der Waals surface area contributed by atoms with Crippen molar-refractivity contribution in [2.75, 3.05) is 12.3 Å². The number of sulfonamides is 1. The quantitative estimate of drug-likeness (QED) is 0.835. The van der Waals surface area contributed by atoms with Gasteiger partial charge >= 0.3 is 0 Å². The van der Waals surface area contributed by atoms with Crippen LogP contribution in [0.3, 0.4) is 0 Å². The molecule has 0 radical (unpaired) electrons. The third-order valence-electron chi connectivity index (χ3n) is 2.30. The lowest BCUT2D eigenvalue weighted by Crippen LogP contribution is -2.36. The molecule has 1 heterocycles. The molecule has 1 aromatic rings. The molecule has 0 saturated carbocycles. The average Bonchev–Trinajstić information content (AvgIpc) is 2.45. The molecule has 1 rings (SSSR count). The fraction of sp³-hybridized carbons (Fsp3) is 0.667. The molecule has 0 aliphatic carbocycles. The summed E-state index contributed by atoms with van der Waals surface area (Å²) in [4.78, 5) is 0.0746. The molecule has 7 heteroatoms. The normalized spacial score (nSPS) is 12.6. The third kappa shape index (κ3) is 2.19. The largest absolute Gasteiger partial charge is 0.381 e. The molecular formula is C9H18N4O2S. The number of nitrogens with two attached hydrogens (primary N) is 1. The van der Waals surface area contributed by atoms with E-state index in [1.807, 2.05) is 13.8 Å². The van der Waals surface area contributed by atoms with Gasteiger partial charge in [-0.25, -0.2) is 8.42 Å². The topological polar surface area (TPSA) is 81.2 Å². The van der Waals surface area contributed by atoms with E-state index in [0.717, 1.165) is 0 Å². The van der Waals surface area contributed by atoms with Crippen LogP contribution in [0.5, 0.6) is 0 Å². The van der Waals surface area contributed by atoms with Crippen molar-refractivity contribution in [1.82, 2.24) is 14.1 Å². The minimum Gasteiger partial charge on any atom is -0.381 e. The Hall–Kier alpha value is -1.08. The van der Waals surface area contributed by atoms with Gasteiger partial charge in [-0.05, 0) is 13.8 Å². The van der Waals surface area contributed by atoms with Crippen molar-refractivity contribution in [3.05, 3.63) is 6.20 Å². The van der Waals surface area contributed by atoms with Crippen LogP contribution in [-0.2, 0) is 17.1 Å². The van der Waals surface area contributed by atoms with Gasteiger partial charge in [0.2, 0.25) is 10.0 Å². The van der Waals surface area contributed by atoms with Crippen molar-refractivity contribution < 1.29 is 8.42 Å². The molecule has 0 saturated heterocycles. The van der Waals surface area contributed by atoms with Gasteiger partial charge in [-0.3, -0.25) is 4.68 Å². The van der Waals surface area contributed by atoms with Crippen LogP contribution in [0.1, 0.15) is 20.8 Å². The fourth-order valence-corrected chi connectivity index (χ4v) is 3.36. The molecule has 0 aliphatic rings. The Bertz CT molecular complexity index is 464. The highest BCUT2D eigenvalue weighted by Crippen LogP contribution is 2.22. The number of aromatic nitrogens is 2. The molecule has 0 amide bonds. The van der Waals surface area contributed by atoms with Crippen LogP contribution in [0.2, 0.25) is 0 Å². The lowest BCUT2D eigenvalue weighted by atomic mass is 10.4. The Morgan fingerprint density at radius 3 is 2.44 bits per heavy atom. The van der Waals surface area contributed by atoms with E-state index in [4.69, 9.17) is 5.73 Å². The molecule has 16 heavy (non-hydrogen) atoms. The molecule has 92 valence electrons. The Balaban J connectivity index is 3.25. The maximum Gasteiger partial charge on any atom is 0.248 e. The Kier molecular flexibility index (Phi) is 3.59. The zero-order chi connectivity index (χ0) is 12.5. The molecule has 0 aromatic carbocycles. The van der Waals surface area contributed by atoms with Crippen LogP contribution in [0.4, 0.5) is 5.82 Å². The van der Waals surface area contributed by atoms with Gasteiger partial charge in [0.05, 0.1) is 0 Å². The second-order valence-electron chi connectivity index (χ2n) is 3.85. The summed E-state index contributed by atoms with van der Waals surface area (Å²) in [6.45, 7) is 5.86. The zero-order valence-electron chi connectivity index (χ0n) is 10.0. The van der Waals surface area contributed by atoms with Gasteiger partial charge in [0.15, 0.2) is 5.82 Å². The summed E-state index contributed by atoms with van der Waals surface area (Å²) in [5.41, 5.74) is 5.58. The van der Waals surface area contributed by atoms with Crippen LogP contribution in [0.25, 0.3) is 0 Å². The van der Waals surface area contributed by atoms with Crippen molar-refractivity contribution in [3.8, 4) is 0 Å². The van der Waals surface area contributed by atoms with Crippen LogP contribution < -0.4 is 5.73 Å². The van der Waals surface area contributed by atoms with Crippen molar-refractivity contribution in [1.29, 1.82) is 0 Å². The van der Waals surface area contributed by atoms with Gasteiger partial charge in [-0.2, -0.15) is 9.40 Å². The summed E-state index contributed by atoms with van der Waals surface area (Å²) in [5.74, 6) is 0.0431. The maximum absolute atomic E-state index is 12.2. The highest BCUT2D eigenvalue weighted by Gasteiger charge is 2.29.